The summed E-state index contributed by atoms with van der Waals surface area (Å²) in [7, 11) is 0. The summed E-state index contributed by atoms with van der Waals surface area (Å²) in [6, 6.07) is 0. The number of cyclic esters (lactones) is 2. The van der Waals surface area contributed by atoms with Crippen molar-refractivity contribution < 1.29 is 33.3 Å². The number of hydrogen-bond acceptors (Lipinski definition) is 7. The van der Waals surface area contributed by atoms with E-state index in [4.69, 9.17) is 14.2 Å². The molecule has 0 aromatic heterocycles. The Kier molecular flexibility index (Phi) is 8.07. The fourth-order valence-electron chi connectivity index (χ4n) is 1.56. The Balaban J connectivity index is 2.09. The first-order valence-electron chi connectivity index (χ1n) is 7.26. The molecule has 1 fully saturated rings. The van der Waals surface area contributed by atoms with E-state index in [9.17, 15) is 9.59 Å². The summed E-state index contributed by atoms with van der Waals surface area (Å²) in [5.41, 5.74) is 0. The van der Waals surface area contributed by atoms with Gasteiger partial charge in [0.2, 0.25) is 6.10 Å². The van der Waals surface area contributed by atoms with E-state index in [-0.39, 0.29) is 25.4 Å². The number of carbonyl (C=O) groups is 2. The molecule has 0 amide bonds. The lowest BCUT2D eigenvalue weighted by Crippen LogP contribution is -2.30. The maximum atomic E-state index is 11.5. The first-order valence-corrected chi connectivity index (χ1v) is 7.26. The molecule has 1 aliphatic rings. The van der Waals surface area contributed by atoms with Crippen molar-refractivity contribution >= 4 is 12.1 Å². The fraction of sp³-hybridized carbons (Fsp3) is 0.857. The normalized spacial score (nSPS) is 20.5. The largest absolute Gasteiger partial charge is 0.509 e. The molecule has 1 saturated heterocycles. The van der Waals surface area contributed by atoms with Crippen LogP contribution in [0.5, 0.6) is 0 Å². The molecule has 0 N–H and O–H groups in total. The van der Waals surface area contributed by atoms with Crippen molar-refractivity contribution in [2.24, 2.45) is 0 Å². The number of rotatable bonds is 10. The Morgan fingerprint density at radius 2 is 2.00 bits per heavy atom. The minimum Gasteiger partial charge on any atom is -0.460 e. The molecule has 0 aliphatic carbocycles. The average molecular weight is 304 g/mol. The molecular weight excluding hydrogens is 280 g/mol. The van der Waals surface area contributed by atoms with Gasteiger partial charge in [0.25, 0.3) is 0 Å². The zero-order chi connectivity index (χ0) is 15.7. The van der Waals surface area contributed by atoms with E-state index in [0.717, 1.165) is 19.4 Å². The Morgan fingerprint density at radius 3 is 2.62 bits per heavy atom. The number of esters is 1. The lowest BCUT2D eigenvalue weighted by atomic mass is 10.3. The summed E-state index contributed by atoms with van der Waals surface area (Å²) in [4.78, 5) is 22.2. The van der Waals surface area contributed by atoms with Crippen LogP contribution in [0.1, 0.15) is 33.6 Å². The zero-order valence-corrected chi connectivity index (χ0v) is 12.8. The van der Waals surface area contributed by atoms with Gasteiger partial charge in [-0.25, -0.2) is 9.59 Å². The summed E-state index contributed by atoms with van der Waals surface area (Å²) in [5, 5.41) is 0. The highest BCUT2D eigenvalue weighted by Crippen LogP contribution is 2.08. The molecule has 3 atom stereocenters. The molecule has 0 bridgehead atoms. The van der Waals surface area contributed by atoms with Crippen LogP contribution in [0.2, 0.25) is 0 Å². The first-order chi connectivity index (χ1) is 10.0. The van der Waals surface area contributed by atoms with Gasteiger partial charge in [-0.2, -0.15) is 0 Å². The van der Waals surface area contributed by atoms with Gasteiger partial charge in [-0.05, 0) is 20.3 Å². The van der Waals surface area contributed by atoms with Crippen LogP contribution < -0.4 is 0 Å². The Labute approximate surface area is 124 Å². The molecule has 1 aliphatic heterocycles. The van der Waals surface area contributed by atoms with E-state index >= 15 is 0 Å². The van der Waals surface area contributed by atoms with Crippen LogP contribution in [0.3, 0.4) is 0 Å². The third kappa shape index (κ3) is 7.29. The molecular formula is C14H24O7. The summed E-state index contributed by atoms with van der Waals surface area (Å²) < 4.78 is 25.2. The highest BCUT2D eigenvalue weighted by molar-refractivity contribution is 5.79. The molecule has 7 nitrogen and oxygen atoms in total. The second-order valence-electron chi connectivity index (χ2n) is 4.98. The van der Waals surface area contributed by atoms with Gasteiger partial charge in [0.15, 0.2) is 0 Å². The van der Waals surface area contributed by atoms with Gasteiger partial charge in [-0.15, -0.1) is 0 Å². The predicted molar refractivity (Wildman–Crippen MR) is 72.9 cm³/mol. The van der Waals surface area contributed by atoms with E-state index in [2.05, 4.69) is 16.4 Å². The van der Waals surface area contributed by atoms with Crippen LogP contribution in [0, 0.1) is 0 Å². The summed E-state index contributed by atoms with van der Waals surface area (Å²) in [6.45, 7) is 6.98. The smallest absolute Gasteiger partial charge is 0.460 e. The van der Waals surface area contributed by atoms with E-state index in [1.54, 1.807) is 6.92 Å². The third-order valence-electron chi connectivity index (χ3n) is 2.83. The van der Waals surface area contributed by atoms with Crippen molar-refractivity contribution in [1.29, 1.82) is 0 Å². The van der Waals surface area contributed by atoms with Crippen LogP contribution in [0.4, 0.5) is 4.79 Å². The molecule has 0 saturated carbocycles. The van der Waals surface area contributed by atoms with E-state index in [1.165, 1.54) is 0 Å². The second kappa shape index (κ2) is 9.57. The van der Waals surface area contributed by atoms with Crippen molar-refractivity contribution in [3.05, 3.63) is 0 Å². The van der Waals surface area contributed by atoms with Gasteiger partial charge in [0.05, 0.1) is 18.8 Å². The highest BCUT2D eigenvalue weighted by Gasteiger charge is 2.33. The van der Waals surface area contributed by atoms with Crippen LogP contribution >= 0.6 is 0 Å². The quantitative estimate of drug-likeness (QED) is 0.448. The zero-order valence-electron chi connectivity index (χ0n) is 12.8. The molecule has 1 heterocycles. The Bertz CT molecular complexity index is 331. The molecule has 7 heteroatoms. The summed E-state index contributed by atoms with van der Waals surface area (Å²) in [6.07, 6.45) is 0.0399. The van der Waals surface area contributed by atoms with Crippen molar-refractivity contribution in [2.75, 3.05) is 26.4 Å². The molecule has 21 heavy (non-hydrogen) atoms. The number of ether oxygens (including phenoxy) is 5. The topological polar surface area (TPSA) is 80.3 Å². The average Bonchev–Trinajstić information content (AvgIpc) is 2.89. The molecule has 0 radical (unpaired) electrons. The van der Waals surface area contributed by atoms with Crippen molar-refractivity contribution in [3.8, 4) is 0 Å². The van der Waals surface area contributed by atoms with Crippen LogP contribution in [0.25, 0.3) is 0 Å². The van der Waals surface area contributed by atoms with Gasteiger partial charge in [-0.1, -0.05) is 13.3 Å². The monoisotopic (exact) mass is 304 g/mol. The minimum atomic E-state index is -0.971. The minimum absolute atomic E-state index is 0.00103. The van der Waals surface area contributed by atoms with Crippen LogP contribution in [-0.2, 0) is 28.5 Å². The Morgan fingerprint density at radius 1 is 1.29 bits per heavy atom. The number of hydrogen-bond donors (Lipinski definition) is 0. The van der Waals surface area contributed by atoms with Gasteiger partial charge < -0.3 is 23.7 Å². The maximum absolute atomic E-state index is 11.5. The van der Waals surface area contributed by atoms with Crippen molar-refractivity contribution in [2.45, 2.75) is 51.9 Å². The van der Waals surface area contributed by atoms with Crippen LogP contribution in [-0.4, -0.2) is 56.9 Å². The summed E-state index contributed by atoms with van der Waals surface area (Å²) in [5.74, 6) is -0.622. The number of carbonyl (C=O) groups excluding carboxylic acids is 2. The van der Waals surface area contributed by atoms with Crippen LogP contribution in [0.15, 0.2) is 0 Å². The molecule has 122 valence electrons. The molecule has 0 aromatic carbocycles. The second-order valence-corrected chi connectivity index (χ2v) is 4.98. The van der Waals surface area contributed by atoms with Gasteiger partial charge in [0, 0.05) is 6.61 Å². The van der Waals surface area contributed by atoms with E-state index in [0.29, 0.717) is 6.61 Å². The lowest BCUT2D eigenvalue weighted by Gasteiger charge is -2.18. The highest BCUT2D eigenvalue weighted by atomic mass is 16.8. The van der Waals surface area contributed by atoms with Crippen molar-refractivity contribution in [1.82, 2.24) is 0 Å². The standard InChI is InChI=1S/C14H24O7/c1-4-5-6-17-10(2)7-18-11(3)8-19-13(15)12-9-20-14(16)21-12/h10-12H,4-9H2,1-3H3. The maximum Gasteiger partial charge on any atom is 0.509 e. The van der Waals surface area contributed by atoms with Gasteiger partial charge >= 0.3 is 12.1 Å². The van der Waals surface area contributed by atoms with E-state index < -0.39 is 18.2 Å². The fourth-order valence-corrected chi connectivity index (χ4v) is 1.56. The molecule has 0 aromatic rings. The van der Waals surface area contributed by atoms with Gasteiger partial charge in [0.1, 0.15) is 13.2 Å². The van der Waals surface area contributed by atoms with Crippen molar-refractivity contribution in [3.63, 3.8) is 0 Å². The summed E-state index contributed by atoms with van der Waals surface area (Å²) >= 11 is 0. The van der Waals surface area contributed by atoms with E-state index in [1.807, 2.05) is 6.92 Å². The number of unbranched alkanes of at least 4 members (excludes halogenated alkanes) is 1. The van der Waals surface area contributed by atoms with Gasteiger partial charge in [-0.3, -0.25) is 0 Å². The molecule has 1 rings (SSSR count). The lowest BCUT2D eigenvalue weighted by molar-refractivity contribution is -0.156. The first kappa shape index (κ1) is 17.7. The molecule has 0 spiro atoms. The third-order valence-corrected chi connectivity index (χ3v) is 2.83. The SMILES string of the molecule is CCCCOC(C)COC(C)COC(=O)C1COC(=O)O1. The predicted octanol–water partition coefficient (Wildman–Crippen LogP) is 1.68. The Hall–Kier alpha value is -1.34. The molecule has 3 unspecified atom stereocenters.